The highest BCUT2D eigenvalue weighted by Gasteiger charge is 2.36. The van der Waals surface area contributed by atoms with E-state index < -0.39 is 0 Å². The monoisotopic (exact) mass is 277 g/mol. The molecule has 0 saturated heterocycles. The maximum absolute atomic E-state index is 9.68. The molecule has 2 unspecified atom stereocenters. The van der Waals surface area contributed by atoms with Crippen LogP contribution in [0.2, 0.25) is 0 Å². The maximum atomic E-state index is 9.68. The summed E-state index contributed by atoms with van der Waals surface area (Å²) in [6, 6.07) is 6.38. The largest absolute Gasteiger partial charge is 0.508 e. The van der Waals surface area contributed by atoms with Crippen molar-refractivity contribution in [2.24, 2.45) is 0 Å². The number of nitrogens with zero attached hydrogens (tertiary/aromatic N) is 1. The molecule has 112 valence electrons. The van der Waals surface area contributed by atoms with E-state index in [4.69, 9.17) is 4.74 Å². The quantitative estimate of drug-likeness (QED) is 0.898. The highest BCUT2D eigenvalue weighted by Crippen LogP contribution is 2.44. The van der Waals surface area contributed by atoms with E-state index in [1.54, 1.807) is 12.1 Å². The molecule has 1 aromatic rings. The van der Waals surface area contributed by atoms with E-state index in [0.717, 1.165) is 12.2 Å². The fourth-order valence-corrected chi connectivity index (χ4v) is 3.09. The zero-order valence-corrected chi connectivity index (χ0v) is 13.3. The van der Waals surface area contributed by atoms with Crippen molar-refractivity contribution < 1.29 is 9.84 Å². The number of phenolic OH excluding ortho intramolecular Hbond substituents is 1. The zero-order valence-electron chi connectivity index (χ0n) is 13.3. The topological polar surface area (TPSA) is 32.7 Å². The average molecular weight is 277 g/mol. The predicted molar refractivity (Wildman–Crippen MR) is 82.3 cm³/mol. The number of ether oxygens (including phenoxy) is 1. The van der Waals surface area contributed by atoms with E-state index in [1.807, 2.05) is 6.07 Å². The number of fused-ring (bicyclic) bond motifs is 1. The van der Waals surface area contributed by atoms with Gasteiger partial charge in [0.05, 0.1) is 0 Å². The third kappa shape index (κ3) is 3.09. The van der Waals surface area contributed by atoms with Gasteiger partial charge in [-0.25, -0.2) is 0 Å². The SMILES string of the molecule is CCCC(C)N(C)C1CC(C)(C)Oc2cc(O)ccc21. The molecule has 0 aliphatic carbocycles. The minimum absolute atomic E-state index is 0.203. The summed E-state index contributed by atoms with van der Waals surface area (Å²) in [4.78, 5) is 2.45. The average Bonchev–Trinajstić information content (AvgIpc) is 2.35. The lowest BCUT2D eigenvalue weighted by Gasteiger charge is -2.43. The van der Waals surface area contributed by atoms with Crippen LogP contribution >= 0.6 is 0 Å². The first-order valence-electron chi connectivity index (χ1n) is 7.58. The molecule has 1 aromatic carbocycles. The van der Waals surface area contributed by atoms with Crippen molar-refractivity contribution in [1.82, 2.24) is 4.90 Å². The highest BCUT2D eigenvalue weighted by atomic mass is 16.5. The lowest BCUT2D eigenvalue weighted by molar-refractivity contribution is 0.0257. The van der Waals surface area contributed by atoms with Crippen LogP contribution < -0.4 is 4.74 Å². The van der Waals surface area contributed by atoms with Crippen molar-refractivity contribution in [3.8, 4) is 11.5 Å². The van der Waals surface area contributed by atoms with Crippen LogP contribution in [-0.4, -0.2) is 28.7 Å². The van der Waals surface area contributed by atoms with Gasteiger partial charge in [-0.15, -0.1) is 0 Å². The Balaban J connectivity index is 2.34. The van der Waals surface area contributed by atoms with Crippen molar-refractivity contribution in [3.05, 3.63) is 23.8 Å². The number of rotatable bonds is 4. The molecule has 0 spiro atoms. The standard InChI is InChI=1S/C17H27NO2/c1-6-7-12(2)18(5)15-11-17(3,4)20-16-10-13(19)8-9-14(15)16/h8-10,12,15,19H,6-7,11H2,1-5H3. The molecule has 0 radical (unpaired) electrons. The first-order chi connectivity index (χ1) is 9.34. The Bertz CT molecular complexity index is 470. The number of hydrogen-bond donors (Lipinski definition) is 1. The van der Waals surface area contributed by atoms with Gasteiger partial charge in [-0.1, -0.05) is 19.4 Å². The lowest BCUT2D eigenvalue weighted by atomic mass is 9.88. The van der Waals surface area contributed by atoms with Gasteiger partial charge in [0.1, 0.15) is 17.1 Å². The van der Waals surface area contributed by atoms with Crippen LogP contribution in [0.15, 0.2) is 18.2 Å². The van der Waals surface area contributed by atoms with E-state index in [-0.39, 0.29) is 11.4 Å². The summed E-state index contributed by atoms with van der Waals surface area (Å²) >= 11 is 0. The molecule has 1 N–H and O–H groups in total. The van der Waals surface area contributed by atoms with E-state index in [2.05, 4.69) is 39.6 Å². The molecule has 0 bridgehead atoms. The molecule has 20 heavy (non-hydrogen) atoms. The maximum Gasteiger partial charge on any atom is 0.128 e. The Labute approximate surface area is 122 Å². The molecular formula is C17H27NO2. The van der Waals surface area contributed by atoms with Crippen LogP contribution in [-0.2, 0) is 0 Å². The van der Waals surface area contributed by atoms with Crippen LogP contribution in [0.3, 0.4) is 0 Å². The van der Waals surface area contributed by atoms with Gasteiger partial charge in [-0.2, -0.15) is 0 Å². The Kier molecular flexibility index (Phi) is 4.28. The Hall–Kier alpha value is -1.22. The van der Waals surface area contributed by atoms with Gasteiger partial charge in [-0.3, -0.25) is 4.90 Å². The zero-order chi connectivity index (χ0) is 14.9. The Morgan fingerprint density at radius 3 is 2.80 bits per heavy atom. The van der Waals surface area contributed by atoms with Gasteiger partial charge in [0.15, 0.2) is 0 Å². The second-order valence-corrected chi connectivity index (χ2v) is 6.61. The van der Waals surface area contributed by atoms with Gasteiger partial charge < -0.3 is 9.84 Å². The van der Waals surface area contributed by atoms with Gasteiger partial charge in [-0.05, 0) is 40.3 Å². The molecule has 0 aromatic heterocycles. The fourth-order valence-electron chi connectivity index (χ4n) is 3.09. The second-order valence-electron chi connectivity index (χ2n) is 6.61. The molecule has 1 aliphatic heterocycles. The van der Waals surface area contributed by atoms with E-state index in [0.29, 0.717) is 12.1 Å². The van der Waals surface area contributed by atoms with E-state index >= 15 is 0 Å². The van der Waals surface area contributed by atoms with Gasteiger partial charge in [0.2, 0.25) is 0 Å². The molecule has 3 nitrogen and oxygen atoms in total. The lowest BCUT2D eigenvalue weighted by Crippen LogP contribution is -2.42. The summed E-state index contributed by atoms with van der Waals surface area (Å²) in [5, 5.41) is 9.68. The molecule has 2 rings (SSSR count). The third-order valence-corrected chi connectivity index (χ3v) is 4.32. The van der Waals surface area contributed by atoms with Crippen LogP contribution in [0.1, 0.15) is 58.6 Å². The number of aromatic hydroxyl groups is 1. The first kappa shape index (κ1) is 15.2. The summed E-state index contributed by atoms with van der Waals surface area (Å²) in [6.07, 6.45) is 3.36. The summed E-state index contributed by atoms with van der Waals surface area (Å²) < 4.78 is 6.03. The molecule has 0 amide bonds. The molecule has 1 aliphatic rings. The normalized spacial score (nSPS) is 22.2. The van der Waals surface area contributed by atoms with Crippen LogP contribution in [0, 0.1) is 0 Å². The molecule has 3 heteroatoms. The minimum Gasteiger partial charge on any atom is -0.508 e. The van der Waals surface area contributed by atoms with Crippen LogP contribution in [0.5, 0.6) is 11.5 Å². The molecule has 0 saturated carbocycles. The van der Waals surface area contributed by atoms with Crippen molar-refractivity contribution in [3.63, 3.8) is 0 Å². The molecule has 2 atom stereocenters. The highest BCUT2D eigenvalue weighted by molar-refractivity contribution is 5.44. The summed E-state index contributed by atoms with van der Waals surface area (Å²) in [5.74, 6) is 1.09. The fraction of sp³-hybridized carbons (Fsp3) is 0.647. The van der Waals surface area contributed by atoms with E-state index in [1.165, 1.54) is 18.4 Å². The molecule has 1 heterocycles. The first-order valence-corrected chi connectivity index (χ1v) is 7.58. The summed E-state index contributed by atoms with van der Waals surface area (Å²) in [5.41, 5.74) is 0.985. The summed E-state index contributed by atoms with van der Waals surface area (Å²) in [6.45, 7) is 8.74. The van der Waals surface area contributed by atoms with Crippen LogP contribution in [0.25, 0.3) is 0 Å². The van der Waals surface area contributed by atoms with Crippen molar-refractivity contribution in [2.75, 3.05) is 7.05 Å². The van der Waals surface area contributed by atoms with Crippen molar-refractivity contribution in [2.45, 2.75) is 64.6 Å². The van der Waals surface area contributed by atoms with Crippen molar-refractivity contribution in [1.29, 1.82) is 0 Å². The van der Waals surface area contributed by atoms with Gasteiger partial charge in [0, 0.05) is 30.1 Å². The molecule has 0 fully saturated rings. The third-order valence-electron chi connectivity index (χ3n) is 4.32. The number of benzene rings is 1. The van der Waals surface area contributed by atoms with Gasteiger partial charge >= 0.3 is 0 Å². The minimum atomic E-state index is -0.203. The smallest absolute Gasteiger partial charge is 0.128 e. The number of hydrogen-bond acceptors (Lipinski definition) is 3. The Morgan fingerprint density at radius 2 is 2.15 bits per heavy atom. The van der Waals surface area contributed by atoms with Crippen LogP contribution in [0.4, 0.5) is 0 Å². The Morgan fingerprint density at radius 1 is 1.45 bits per heavy atom. The van der Waals surface area contributed by atoms with Gasteiger partial charge in [0.25, 0.3) is 0 Å². The van der Waals surface area contributed by atoms with Crippen molar-refractivity contribution >= 4 is 0 Å². The number of phenols is 1. The van der Waals surface area contributed by atoms with E-state index in [9.17, 15) is 5.11 Å². The molecular weight excluding hydrogens is 250 g/mol. The predicted octanol–water partition coefficient (Wildman–Crippen LogP) is 4.11. The summed E-state index contributed by atoms with van der Waals surface area (Å²) in [7, 11) is 2.20. The second kappa shape index (κ2) is 5.65.